The highest BCUT2D eigenvalue weighted by atomic mass is 19.1. The van der Waals surface area contributed by atoms with Crippen LogP contribution in [0.5, 0.6) is 23.1 Å². The molecule has 2 aromatic carbocycles. The number of aromatic nitrogens is 1. The highest BCUT2D eigenvalue weighted by molar-refractivity contribution is 5.79. The van der Waals surface area contributed by atoms with Crippen molar-refractivity contribution < 1.29 is 18.6 Å². The minimum Gasteiger partial charge on any atom is -0.493 e. The molecule has 1 N–H and O–H groups in total. The number of halogens is 1. The Bertz CT molecular complexity index is 1020. The van der Waals surface area contributed by atoms with Crippen molar-refractivity contribution in [3.63, 3.8) is 0 Å². The summed E-state index contributed by atoms with van der Waals surface area (Å²) >= 11 is 0. The first-order valence-corrected chi connectivity index (χ1v) is 10.0. The van der Waals surface area contributed by atoms with Gasteiger partial charge in [0.25, 0.3) is 0 Å². The van der Waals surface area contributed by atoms with Crippen molar-refractivity contribution in [3.05, 3.63) is 77.7 Å². The first-order valence-electron chi connectivity index (χ1n) is 10.0. The van der Waals surface area contributed by atoms with Crippen molar-refractivity contribution in [2.45, 2.75) is 13.1 Å². The van der Waals surface area contributed by atoms with Gasteiger partial charge in [0.1, 0.15) is 5.82 Å². The molecule has 0 fully saturated rings. The van der Waals surface area contributed by atoms with Gasteiger partial charge in [-0.15, -0.1) is 0 Å². The Labute approximate surface area is 187 Å². The Morgan fingerprint density at radius 3 is 2.22 bits per heavy atom. The molecule has 0 unspecified atom stereocenters. The number of benzene rings is 2. The van der Waals surface area contributed by atoms with Gasteiger partial charge in [-0.1, -0.05) is 24.3 Å². The van der Waals surface area contributed by atoms with Crippen LogP contribution < -0.4 is 19.5 Å². The summed E-state index contributed by atoms with van der Waals surface area (Å²) in [6, 6.07) is 15.6. The molecule has 0 saturated carbocycles. The third kappa shape index (κ3) is 5.87. The van der Waals surface area contributed by atoms with Crippen molar-refractivity contribution in [1.29, 1.82) is 0 Å². The fourth-order valence-corrected chi connectivity index (χ4v) is 3.10. The number of ether oxygens (including phenoxy) is 3. The normalized spacial score (nSPS) is 11.1. The van der Waals surface area contributed by atoms with Gasteiger partial charge in [-0.25, -0.2) is 9.37 Å². The van der Waals surface area contributed by atoms with Crippen LogP contribution in [0, 0.1) is 5.82 Å². The van der Waals surface area contributed by atoms with E-state index in [1.54, 1.807) is 57.8 Å². The van der Waals surface area contributed by atoms with Crippen LogP contribution in [0.4, 0.5) is 4.39 Å². The van der Waals surface area contributed by atoms with E-state index in [2.05, 4.69) is 15.3 Å². The number of nitrogens with zero attached hydrogens (tertiary/aromatic N) is 3. The second-order valence-electron chi connectivity index (χ2n) is 6.98. The first kappa shape index (κ1) is 22.9. The van der Waals surface area contributed by atoms with Crippen LogP contribution in [-0.2, 0) is 13.1 Å². The van der Waals surface area contributed by atoms with E-state index in [0.717, 1.165) is 11.1 Å². The van der Waals surface area contributed by atoms with Crippen LogP contribution in [0.3, 0.4) is 0 Å². The van der Waals surface area contributed by atoms with Gasteiger partial charge in [0.2, 0.25) is 11.6 Å². The molecule has 32 heavy (non-hydrogen) atoms. The Morgan fingerprint density at radius 1 is 1.00 bits per heavy atom. The summed E-state index contributed by atoms with van der Waals surface area (Å²) in [5.74, 6) is 2.49. The third-order valence-electron chi connectivity index (χ3n) is 4.74. The number of rotatable bonds is 8. The maximum absolute atomic E-state index is 13.1. The molecule has 0 saturated heterocycles. The predicted octanol–water partition coefficient (Wildman–Crippen LogP) is 4.24. The molecule has 7 nitrogen and oxygen atoms in total. The molecule has 0 spiro atoms. The van der Waals surface area contributed by atoms with Crippen LogP contribution in [-0.4, -0.2) is 44.2 Å². The lowest BCUT2D eigenvalue weighted by Crippen LogP contribution is -2.38. The zero-order valence-corrected chi connectivity index (χ0v) is 18.6. The molecule has 0 atom stereocenters. The zero-order chi connectivity index (χ0) is 22.9. The zero-order valence-electron chi connectivity index (χ0n) is 18.6. The molecule has 168 valence electrons. The van der Waals surface area contributed by atoms with E-state index in [4.69, 9.17) is 14.2 Å². The average Bonchev–Trinajstić information content (AvgIpc) is 2.82. The standard InChI is InChI=1S/C24H27FN4O3/c1-26-24(29(2)16-17-8-11-19(25)12-9-17)28-15-18-10-13-22(27-14-18)32-23-20(30-3)6-5-7-21(23)31-4/h5-14H,15-16H2,1-4H3,(H,26,28). The van der Waals surface area contributed by atoms with E-state index >= 15 is 0 Å². The number of guanidine groups is 1. The molecular formula is C24H27FN4O3. The van der Waals surface area contributed by atoms with E-state index in [0.29, 0.717) is 42.2 Å². The fourth-order valence-electron chi connectivity index (χ4n) is 3.10. The van der Waals surface area contributed by atoms with Crippen LogP contribution >= 0.6 is 0 Å². The molecule has 0 aliphatic rings. The molecule has 3 aromatic rings. The quantitative estimate of drug-likeness (QED) is 0.419. The first-order chi connectivity index (χ1) is 15.5. The van der Waals surface area contributed by atoms with Crippen LogP contribution in [0.2, 0.25) is 0 Å². The Hall–Kier alpha value is -3.81. The summed E-state index contributed by atoms with van der Waals surface area (Å²) < 4.78 is 29.7. The Kier molecular flexibility index (Phi) is 7.85. The summed E-state index contributed by atoms with van der Waals surface area (Å²) in [6.45, 7) is 1.14. The van der Waals surface area contributed by atoms with Gasteiger partial charge < -0.3 is 24.4 Å². The van der Waals surface area contributed by atoms with Crippen LogP contribution in [0.15, 0.2) is 65.8 Å². The molecule has 0 amide bonds. The van der Waals surface area contributed by atoms with Gasteiger partial charge in [0, 0.05) is 39.4 Å². The molecule has 0 aliphatic carbocycles. The number of hydrogen-bond donors (Lipinski definition) is 1. The number of nitrogens with one attached hydrogen (secondary N) is 1. The maximum atomic E-state index is 13.1. The Morgan fingerprint density at radius 2 is 1.66 bits per heavy atom. The summed E-state index contributed by atoms with van der Waals surface area (Å²) in [4.78, 5) is 10.7. The number of para-hydroxylation sites is 1. The number of pyridine rings is 1. The predicted molar refractivity (Wildman–Crippen MR) is 122 cm³/mol. The molecular weight excluding hydrogens is 411 g/mol. The van der Waals surface area contributed by atoms with Gasteiger partial charge in [-0.2, -0.15) is 0 Å². The lowest BCUT2D eigenvalue weighted by molar-refractivity contribution is 0.342. The fraction of sp³-hybridized carbons (Fsp3) is 0.250. The Balaban J connectivity index is 1.60. The molecule has 8 heteroatoms. The highest BCUT2D eigenvalue weighted by Gasteiger charge is 2.13. The smallest absolute Gasteiger partial charge is 0.219 e. The van der Waals surface area contributed by atoms with Gasteiger partial charge in [-0.05, 0) is 35.4 Å². The SMILES string of the molecule is CN=C(NCc1ccc(Oc2c(OC)cccc2OC)nc1)N(C)Cc1ccc(F)cc1. The molecule has 0 bridgehead atoms. The van der Waals surface area contributed by atoms with E-state index in [9.17, 15) is 4.39 Å². The maximum Gasteiger partial charge on any atom is 0.219 e. The number of methoxy groups -OCH3 is 2. The summed E-state index contributed by atoms with van der Waals surface area (Å²) in [6.07, 6.45) is 1.73. The minimum absolute atomic E-state index is 0.247. The lowest BCUT2D eigenvalue weighted by atomic mass is 10.2. The topological polar surface area (TPSA) is 68.2 Å². The van der Waals surface area contributed by atoms with Gasteiger partial charge in [0.05, 0.1) is 14.2 Å². The second kappa shape index (κ2) is 11.0. The van der Waals surface area contributed by atoms with E-state index in [-0.39, 0.29) is 5.82 Å². The summed E-state index contributed by atoms with van der Waals surface area (Å²) in [7, 11) is 6.79. The van der Waals surface area contributed by atoms with Crippen LogP contribution in [0.25, 0.3) is 0 Å². The average molecular weight is 439 g/mol. The van der Waals surface area contributed by atoms with Gasteiger partial charge in [-0.3, -0.25) is 4.99 Å². The summed E-state index contributed by atoms with van der Waals surface area (Å²) in [5, 5.41) is 3.30. The summed E-state index contributed by atoms with van der Waals surface area (Å²) in [5.41, 5.74) is 1.95. The van der Waals surface area contributed by atoms with Crippen molar-refractivity contribution in [1.82, 2.24) is 15.2 Å². The van der Waals surface area contributed by atoms with E-state index < -0.39 is 0 Å². The molecule has 1 heterocycles. The van der Waals surface area contributed by atoms with Gasteiger partial charge in [0.15, 0.2) is 17.5 Å². The monoisotopic (exact) mass is 438 g/mol. The molecule has 0 aliphatic heterocycles. The second-order valence-corrected chi connectivity index (χ2v) is 6.98. The van der Waals surface area contributed by atoms with Gasteiger partial charge >= 0.3 is 0 Å². The van der Waals surface area contributed by atoms with Crippen molar-refractivity contribution >= 4 is 5.96 Å². The highest BCUT2D eigenvalue weighted by Crippen LogP contribution is 2.39. The largest absolute Gasteiger partial charge is 0.493 e. The molecule has 1 aromatic heterocycles. The molecule has 3 rings (SSSR count). The minimum atomic E-state index is -0.247. The number of hydrogen-bond acceptors (Lipinski definition) is 5. The molecule has 0 radical (unpaired) electrons. The van der Waals surface area contributed by atoms with Crippen LogP contribution in [0.1, 0.15) is 11.1 Å². The number of aliphatic imine (C=N–C) groups is 1. The van der Waals surface area contributed by atoms with E-state index in [1.165, 1.54) is 12.1 Å². The van der Waals surface area contributed by atoms with E-state index in [1.807, 2.05) is 24.1 Å². The lowest BCUT2D eigenvalue weighted by Gasteiger charge is -2.22. The van der Waals surface area contributed by atoms with Crippen molar-refractivity contribution in [2.24, 2.45) is 4.99 Å². The van der Waals surface area contributed by atoms with Crippen molar-refractivity contribution in [3.8, 4) is 23.1 Å². The van der Waals surface area contributed by atoms with Crippen molar-refractivity contribution in [2.75, 3.05) is 28.3 Å². The third-order valence-corrected chi connectivity index (χ3v) is 4.74.